The van der Waals surface area contributed by atoms with Crippen LogP contribution in [0.5, 0.6) is 11.5 Å². The van der Waals surface area contributed by atoms with E-state index in [9.17, 15) is 30.1 Å². The third-order valence-electron chi connectivity index (χ3n) is 5.41. The molecule has 1 aliphatic heterocycles. The molecule has 0 spiro atoms. The highest BCUT2D eigenvalue weighted by Gasteiger charge is 2.25. The zero-order valence-electron chi connectivity index (χ0n) is 17.8. The summed E-state index contributed by atoms with van der Waals surface area (Å²) in [5, 5.41) is 35.7. The standard InChI is InChI=1S/C21H23N5O7/c1-33-19-11-18(26(31)32)10-16(20(19)27)12-22-23-21(28)15-6-8-24(9-7-15)13-14-2-4-17(5-3-14)25(29)30/h2-5,10-12,15,27H,6-9,13H2,1H3,(H,23,28)/b22-12+. The van der Waals surface area contributed by atoms with E-state index in [-0.39, 0.29) is 40.3 Å². The van der Waals surface area contributed by atoms with Crippen LogP contribution in [0.25, 0.3) is 0 Å². The Kier molecular flexibility index (Phi) is 7.51. The molecule has 33 heavy (non-hydrogen) atoms. The van der Waals surface area contributed by atoms with Crippen molar-refractivity contribution < 1.29 is 24.5 Å². The second-order valence-electron chi connectivity index (χ2n) is 7.55. The fraction of sp³-hybridized carbons (Fsp3) is 0.333. The van der Waals surface area contributed by atoms with Crippen LogP contribution in [0.2, 0.25) is 0 Å². The van der Waals surface area contributed by atoms with E-state index in [2.05, 4.69) is 15.4 Å². The maximum absolute atomic E-state index is 12.4. The van der Waals surface area contributed by atoms with Gasteiger partial charge in [0.1, 0.15) is 0 Å². The number of aromatic hydroxyl groups is 1. The number of carbonyl (C=O) groups is 1. The molecule has 0 radical (unpaired) electrons. The van der Waals surface area contributed by atoms with Gasteiger partial charge in [-0.2, -0.15) is 5.10 Å². The van der Waals surface area contributed by atoms with Crippen LogP contribution in [0, 0.1) is 26.1 Å². The van der Waals surface area contributed by atoms with Crippen molar-refractivity contribution in [2.75, 3.05) is 20.2 Å². The first-order valence-electron chi connectivity index (χ1n) is 10.1. The third-order valence-corrected chi connectivity index (χ3v) is 5.41. The van der Waals surface area contributed by atoms with Crippen LogP contribution in [-0.4, -0.2) is 52.2 Å². The number of hydrogen-bond donors (Lipinski definition) is 2. The predicted molar refractivity (Wildman–Crippen MR) is 118 cm³/mol. The maximum Gasteiger partial charge on any atom is 0.274 e. The second kappa shape index (κ2) is 10.5. The Hall–Kier alpha value is -4.06. The van der Waals surface area contributed by atoms with Gasteiger partial charge in [0.05, 0.1) is 29.2 Å². The van der Waals surface area contributed by atoms with Gasteiger partial charge in [-0.05, 0) is 31.5 Å². The minimum atomic E-state index is -0.623. The lowest BCUT2D eigenvalue weighted by molar-refractivity contribution is -0.385. The van der Waals surface area contributed by atoms with Gasteiger partial charge in [-0.15, -0.1) is 0 Å². The number of non-ortho nitro benzene ring substituents is 2. The van der Waals surface area contributed by atoms with E-state index in [4.69, 9.17) is 4.74 Å². The molecule has 3 rings (SSSR count). The Labute approximate surface area is 188 Å². The molecule has 0 atom stereocenters. The Balaban J connectivity index is 1.52. The molecule has 1 saturated heterocycles. The number of ether oxygens (including phenoxy) is 1. The molecule has 0 aromatic heterocycles. The zero-order chi connectivity index (χ0) is 24.0. The average Bonchev–Trinajstić information content (AvgIpc) is 2.80. The first kappa shape index (κ1) is 23.6. The fourth-order valence-corrected chi connectivity index (χ4v) is 3.56. The molecular formula is C21H23N5O7. The van der Waals surface area contributed by atoms with Crippen LogP contribution in [0.15, 0.2) is 41.5 Å². The van der Waals surface area contributed by atoms with Crippen molar-refractivity contribution in [1.29, 1.82) is 0 Å². The van der Waals surface area contributed by atoms with Gasteiger partial charge in [-0.25, -0.2) is 5.43 Å². The quantitative estimate of drug-likeness (QED) is 0.347. The molecule has 0 unspecified atom stereocenters. The molecule has 174 valence electrons. The van der Waals surface area contributed by atoms with Gasteiger partial charge in [0.25, 0.3) is 11.4 Å². The summed E-state index contributed by atoms with van der Waals surface area (Å²) in [5.41, 5.74) is 3.19. The summed E-state index contributed by atoms with van der Waals surface area (Å²) in [6.45, 7) is 2.00. The summed E-state index contributed by atoms with van der Waals surface area (Å²) in [7, 11) is 1.27. The van der Waals surface area contributed by atoms with Gasteiger partial charge in [0, 0.05) is 36.2 Å². The number of carbonyl (C=O) groups excluding carboxylic acids is 1. The van der Waals surface area contributed by atoms with Crippen LogP contribution in [0.4, 0.5) is 11.4 Å². The van der Waals surface area contributed by atoms with Gasteiger partial charge >= 0.3 is 0 Å². The third kappa shape index (κ3) is 6.01. The van der Waals surface area contributed by atoms with Gasteiger partial charge < -0.3 is 9.84 Å². The van der Waals surface area contributed by atoms with E-state index in [1.165, 1.54) is 19.2 Å². The Bertz CT molecular complexity index is 1060. The number of phenols is 1. The molecule has 1 aliphatic rings. The number of likely N-dealkylation sites (tertiary alicyclic amines) is 1. The molecule has 0 saturated carbocycles. The summed E-state index contributed by atoms with van der Waals surface area (Å²) in [6.07, 6.45) is 2.36. The van der Waals surface area contributed by atoms with Crippen molar-refractivity contribution >= 4 is 23.5 Å². The normalized spacial score (nSPS) is 14.8. The summed E-state index contributed by atoms with van der Waals surface area (Å²) < 4.78 is 4.93. The molecule has 1 fully saturated rings. The SMILES string of the molecule is COc1cc([N+](=O)[O-])cc(/C=N/NC(=O)C2CCN(Cc3ccc([N+](=O)[O-])cc3)CC2)c1O. The minimum absolute atomic E-state index is 0.0410. The number of hydrazone groups is 1. The number of nitrogens with zero attached hydrogens (tertiary/aromatic N) is 4. The number of nitro groups is 2. The van der Waals surface area contributed by atoms with Crippen LogP contribution in [-0.2, 0) is 11.3 Å². The molecule has 12 heteroatoms. The monoisotopic (exact) mass is 457 g/mol. The highest BCUT2D eigenvalue weighted by Crippen LogP contribution is 2.33. The highest BCUT2D eigenvalue weighted by molar-refractivity contribution is 5.87. The van der Waals surface area contributed by atoms with E-state index in [0.29, 0.717) is 32.5 Å². The van der Waals surface area contributed by atoms with Crippen molar-refractivity contribution in [3.8, 4) is 11.5 Å². The van der Waals surface area contributed by atoms with E-state index in [1.807, 2.05) is 0 Å². The number of hydrogen-bond acceptors (Lipinski definition) is 9. The predicted octanol–water partition coefficient (Wildman–Crippen LogP) is 2.58. The number of nitrogens with one attached hydrogen (secondary N) is 1. The van der Waals surface area contributed by atoms with Crippen molar-refractivity contribution in [2.24, 2.45) is 11.0 Å². The molecule has 0 bridgehead atoms. The van der Waals surface area contributed by atoms with Crippen LogP contribution < -0.4 is 10.2 Å². The first-order valence-corrected chi connectivity index (χ1v) is 10.1. The molecule has 12 nitrogen and oxygen atoms in total. The summed E-state index contributed by atoms with van der Waals surface area (Å²) >= 11 is 0. The molecule has 2 N–H and O–H groups in total. The van der Waals surface area contributed by atoms with E-state index in [0.717, 1.165) is 23.9 Å². The average molecular weight is 457 g/mol. The first-order chi connectivity index (χ1) is 15.8. The molecular weight excluding hydrogens is 434 g/mol. The number of nitro benzene ring substituents is 2. The van der Waals surface area contributed by atoms with Crippen molar-refractivity contribution in [2.45, 2.75) is 19.4 Å². The summed E-state index contributed by atoms with van der Waals surface area (Å²) in [5.74, 6) is -0.917. The Morgan fingerprint density at radius 1 is 1.18 bits per heavy atom. The van der Waals surface area contributed by atoms with Crippen molar-refractivity contribution in [3.05, 3.63) is 67.8 Å². The Morgan fingerprint density at radius 3 is 2.39 bits per heavy atom. The van der Waals surface area contributed by atoms with Crippen LogP contribution in [0.1, 0.15) is 24.0 Å². The zero-order valence-corrected chi connectivity index (χ0v) is 17.8. The molecule has 0 aliphatic carbocycles. The van der Waals surface area contributed by atoms with Crippen LogP contribution >= 0.6 is 0 Å². The number of methoxy groups -OCH3 is 1. The van der Waals surface area contributed by atoms with Gasteiger partial charge in [0.2, 0.25) is 5.91 Å². The Morgan fingerprint density at radius 2 is 1.82 bits per heavy atom. The largest absolute Gasteiger partial charge is 0.504 e. The maximum atomic E-state index is 12.4. The van der Waals surface area contributed by atoms with Crippen molar-refractivity contribution in [1.82, 2.24) is 10.3 Å². The number of rotatable bonds is 8. The van der Waals surface area contributed by atoms with Gasteiger partial charge in [0.15, 0.2) is 11.5 Å². The van der Waals surface area contributed by atoms with Gasteiger partial charge in [-0.3, -0.25) is 29.9 Å². The molecule has 2 aromatic rings. The lowest BCUT2D eigenvalue weighted by atomic mass is 9.96. The molecule has 1 amide bonds. The number of piperidine rings is 1. The number of amides is 1. The highest BCUT2D eigenvalue weighted by atomic mass is 16.6. The topological polar surface area (TPSA) is 160 Å². The molecule has 2 aromatic carbocycles. The second-order valence-corrected chi connectivity index (χ2v) is 7.55. The van der Waals surface area contributed by atoms with E-state index < -0.39 is 9.85 Å². The summed E-state index contributed by atoms with van der Waals surface area (Å²) in [6, 6.07) is 8.62. The number of phenolic OH excluding ortho intramolecular Hbond substituents is 1. The van der Waals surface area contributed by atoms with Crippen LogP contribution in [0.3, 0.4) is 0 Å². The smallest absolute Gasteiger partial charge is 0.274 e. The van der Waals surface area contributed by atoms with Crippen molar-refractivity contribution in [3.63, 3.8) is 0 Å². The van der Waals surface area contributed by atoms with Gasteiger partial charge in [-0.1, -0.05) is 12.1 Å². The molecule has 1 heterocycles. The lowest BCUT2D eigenvalue weighted by Gasteiger charge is -2.30. The van der Waals surface area contributed by atoms with E-state index >= 15 is 0 Å². The summed E-state index contributed by atoms with van der Waals surface area (Å²) in [4.78, 5) is 35.3. The van der Waals surface area contributed by atoms with E-state index in [1.54, 1.807) is 12.1 Å². The lowest BCUT2D eigenvalue weighted by Crippen LogP contribution is -2.39. The minimum Gasteiger partial charge on any atom is -0.504 e. The fourth-order valence-electron chi connectivity index (χ4n) is 3.56. The number of benzene rings is 2.